The molecule has 1 rings (SSSR count). The summed E-state index contributed by atoms with van der Waals surface area (Å²) in [5, 5.41) is 0. The highest BCUT2D eigenvalue weighted by Crippen LogP contribution is 2.26. The maximum Gasteiger partial charge on any atom is 0.0623 e. The van der Waals surface area contributed by atoms with Crippen molar-refractivity contribution in [2.45, 2.75) is 45.1 Å². The number of methoxy groups -OCH3 is 1. The molecule has 1 unspecified atom stereocenters. The molecular weight excluding hydrogens is 210 g/mol. The van der Waals surface area contributed by atoms with Crippen LogP contribution in [0.2, 0.25) is 0 Å². The Balaban J connectivity index is 2.66. The highest BCUT2D eigenvalue weighted by molar-refractivity contribution is 5.25. The quantitative estimate of drug-likeness (QED) is 0.821. The Kier molecular flexibility index (Phi) is 5.16. The summed E-state index contributed by atoms with van der Waals surface area (Å²) >= 11 is 0. The van der Waals surface area contributed by atoms with Crippen molar-refractivity contribution in [3.8, 4) is 0 Å². The highest BCUT2D eigenvalue weighted by atomic mass is 16.5. The molecule has 0 amide bonds. The van der Waals surface area contributed by atoms with Gasteiger partial charge in [0.25, 0.3) is 0 Å². The summed E-state index contributed by atoms with van der Waals surface area (Å²) in [6.07, 6.45) is 2.10. The molecule has 0 aliphatic heterocycles. The Bertz CT molecular complexity index is 347. The van der Waals surface area contributed by atoms with E-state index in [0.717, 1.165) is 12.8 Å². The Morgan fingerprint density at radius 2 is 2.06 bits per heavy atom. The van der Waals surface area contributed by atoms with Crippen molar-refractivity contribution >= 4 is 0 Å². The van der Waals surface area contributed by atoms with Crippen LogP contribution < -0.4 is 5.73 Å². The number of ether oxygens (including phenoxy) is 1. The molecule has 0 bridgehead atoms. The molecule has 0 saturated carbocycles. The van der Waals surface area contributed by atoms with Crippen LogP contribution in [-0.4, -0.2) is 19.3 Å². The summed E-state index contributed by atoms with van der Waals surface area (Å²) in [6.45, 7) is 7.06. The van der Waals surface area contributed by atoms with Gasteiger partial charge in [0, 0.05) is 7.11 Å². The molecular formula is C15H25NO. The second-order valence-corrected chi connectivity index (χ2v) is 5.35. The van der Waals surface area contributed by atoms with Crippen molar-refractivity contribution in [3.05, 3.63) is 35.4 Å². The SMILES string of the molecule is COC(C)(C)CCC(CN)c1cccc(C)c1. The molecule has 0 heterocycles. The molecule has 0 aliphatic rings. The van der Waals surface area contributed by atoms with Gasteiger partial charge in [-0.1, -0.05) is 29.8 Å². The van der Waals surface area contributed by atoms with Gasteiger partial charge in [-0.3, -0.25) is 0 Å². The zero-order valence-electron chi connectivity index (χ0n) is 11.5. The molecule has 17 heavy (non-hydrogen) atoms. The molecule has 2 N–H and O–H groups in total. The maximum atomic E-state index is 5.88. The summed E-state index contributed by atoms with van der Waals surface area (Å²) < 4.78 is 5.45. The van der Waals surface area contributed by atoms with E-state index >= 15 is 0 Å². The normalized spacial score (nSPS) is 13.7. The van der Waals surface area contributed by atoms with Crippen molar-refractivity contribution in [2.75, 3.05) is 13.7 Å². The average molecular weight is 235 g/mol. The second-order valence-electron chi connectivity index (χ2n) is 5.35. The topological polar surface area (TPSA) is 35.2 Å². The van der Waals surface area contributed by atoms with Crippen LogP contribution in [-0.2, 0) is 4.74 Å². The molecule has 96 valence electrons. The van der Waals surface area contributed by atoms with Crippen molar-refractivity contribution in [1.82, 2.24) is 0 Å². The van der Waals surface area contributed by atoms with Crippen LogP contribution >= 0.6 is 0 Å². The van der Waals surface area contributed by atoms with E-state index in [1.54, 1.807) is 7.11 Å². The van der Waals surface area contributed by atoms with Crippen LogP contribution in [0.5, 0.6) is 0 Å². The van der Waals surface area contributed by atoms with E-state index in [-0.39, 0.29) is 5.60 Å². The fourth-order valence-corrected chi connectivity index (χ4v) is 1.97. The molecule has 0 spiro atoms. The first kappa shape index (κ1) is 14.2. The summed E-state index contributed by atoms with van der Waals surface area (Å²) in [4.78, 5) is 0. The van der Waals surface area contributed by atoms with Gasteiger partial charge in [0.15, 0.2) is 0 Å². The third-order valence-electron chi connectivity index (χ3n) is 3.45. The van der Waals surface area contributed by atoms with Crippen molar-refractivity contribution in [1.29, 1.82) is 0 Å². The van der Waals surface area contributed by atoms with Crippen LogP contribution in [0.1, 0.15) is 43.7 Å². The number of nitrogens with two attached hydrogens (primary N) is 1. The van der Waals surface area contributed by atoms with E-state index in [2.05, 4.69) is 45.0 Å². The highest BCUT2D eigenvalue weighted by Gasteiger charge is 2.19. The third kappa shape index (κ3) is 4.49. The van der Waals surface area contributed by atoms with Gasteiger partial charge < -0.3 is 10.5 Å². The molecule has 0 aromatic heterocycles. The van der Waals surface area contributed by atoms with Crippen molar-refractivity contribution in [3.63, 3.8) is 0 Å². The van der Waals surface area contributed by atoms with E-state index in [9.17, 15) is 0 Å². The van der Waals surface area contributed by atoms with Gasteiger partial charge in [-0.15, -0.1) is 0 Å². The summed E-state index contributed by atoms with van der Waals surface area (Å²) in [5.41, 5.74) is 8.47. The van der Waals surface area contributed by atoms with Gasteiger partial charge >= 0.3 is 0 Å². The lowest BCUT2D eigenvalue weighted by Gasteiger charge is -2.25. The largest absolute Gasteiger partial charge is 0.379 e. The lowest BCUT2D eigenvalue weighted by atomic mass is 9.89. The Labute approximate surface area is 105 Å². The average Bonchev–Trinajstić information content (AvgIpc) is 2.30. The molecule has 1 aromatic carbocycles. The van der Waals surface area contributed by atoms with Gasteiger partial charge in [0.05, 0.1) is 5.60 Å². The minimum absolute atomic E-state index is 0.0583. The van der Waals surface area contributed by atoms with E-state index in [1.807, 2.05) is 0 Å². The lowest BCUT2D eigenvalue weighted by molar-refractivity contribution is 0.0125. The van der Waals surface area contributed by atoms with Crippen LogP contribution in [0.25, 0.3) is 0 Å². The lowest BCUT2D eigenvalue weighted by Crippen LogP contribution is -2.24. The van der Waals surface area contributed by atoms with Crippen LogP contribution in [0, 0.1) is 6.92 Å². The molecule has 1 atom stereocenters. The number of benzene rings is 1. The maximum absolute atomic E-state index is 5.88. The zero-order valence-corrected chi connectivity index (χ0v) is 11.5. The molecule has 0 fully saturated rings. The molecule has 0 aliphatic carbocycles. The molecule has 2 nitrogen and oxygen atoms in total. The predicted molar refractivity (Wildman–Crippen MR) is 73.3 cm³/mol. The van der Waals surface area contributed by atoms with Crippen LogP contribution in [0.3, 0.4) is 0 Å². The first-order valence-electron chi connectivity index (χ1n) is 6.30. The Hall–Kier alpha value is -0.860. The summed E-state index contributed by atoms with van der Waals surface area (Å²) in [5.74, 6) is 0.435. The van der Waals surface area contributed by atoms with Gasteiger partial charge in [0.2, 0.25) is 0 Å². The smallest absolute Gasteiger partial charge is 0.0623 e. The number of hydrogen-bond acceptors (Lipinski definition) is 2. The first-order valence-corrected chi connectivity index (χ1v) is 6.30. The summed E-state index contributed by atoms with van der Waals surface area (Å²) in [7, 11) is 1.77. The van der Waals surface area contributed by atoms with Gasteiger partial charge in [-0.25, -0.2) is 0 Å². The van der Waals surface area contributed by atoms with Crippen LogP contribution in [0.4, 0.5) is 0 Å². The number of hydrogen-bond donors (Lipinski definition) is 1. The molecule has 0 saturated heterocycles. The van der Waals surface area contributed by atoms with Gasteiger partial charge in [-0.2, -0.15) is 0 Å². The van der Waals surface area contributed by atoms with Crippen molar-refractivity contribution < 1.29 is 4.74 Å². The molecule has 2 heteroatoms. The second kappa shape index (κ2) is 6.18. The molecule has 0 radical (unpaired) electrons. The van der Waals surface area contributed by atoms with Crippen molar-refractivity contribution in [2.24, 2.45) is 5.73 Å². The van der Waals surface area contributed by atoms with Gasteiger partial charge in [-0.05, 0) is 51.6 Å². The minimum Gasteiger partial charge on any atom is -0.379 e. The first-order chi connectivity index (χ1) is 7.98. The number of rotatable bonds is 6. The fourth-order valence-electron chi connectivity index (χ4n) is 1.97. The standard InChI is InChI=1S/C15H25NO/c1-12-6-5-7-13(10-12)14(11-16)8-9-15(2,3)17-4/h5-7,10,14H,8-9,11,16H2,1-4H3. The van der Waals surface area contributed by atoms with E-state index in [0.29, 0.717) is 12.5 Å². The third-order valence-corrected chi connectivity index (χ3v) is 3.45. The van der Waals surface area contributed by atoms with Gasteiger partial charge in [0.1, 0.15) is 0 Å². The van der Waals surface area contributed by atoms with E-state index in [4.69, 9.17) is 10.5 Å². The monoisotopic (exact) mass is 235 g/mol. The summed E-state index contributed by atoms with van der Waals surface area (Å²) in [6, 6.07) is 8.63. The predicted octanol–water partition coefficient (Wildman–Crippen LogP) is 3.24. The Morgan fingerprint density at radius 3 is 2.59 bits per heavy atom. The Morgan fingerprint density at radius 1 is 1.35 bits per heavy atom. The molecule has 1 aromatic rings. The fraction of sp³-hybridized carbons (Fsp3) is 0.600. The minimum atomic E-state index is -0.0583. The zero-order chi connectivity index (χ0) is 12.9. The van der Waals surface area contributed by atoms with Crippen LogP contribution in [0.15, 0.2) is 24.3 Å². The van der Waals surface area contributed by atoms with E-state index in [1.165, 1.54) is 11.1 Å². The van der Waals surface area contributed by atoms with E-state index < -0.39 is 0 Å². The number of aryl methyl sites for hydroxylation is 1.